The standard InChI is InChI=1S/C13H18N2O6S2/c1-22(18,19)9-4-3-5-10(23(2,20)21)12(9)8(13(15)17)6-7-11(14)16/h3-5,8H,6-7H2,1-2H3,(H2,14,16)(H2,15,17). The van der Waals surface area contributed by atoms with E-state index in [0.717, 1.165) is 12.5 Å². The quantitative estimate of drug-likeness (QED) is 0.655. The number of sulfone groups is 2. The van der Waals surface area contributed by atoms with Crippen molar-refractivity contribution < 1.29 is 26.4 Å². The highest BCUT2D eigenvalue weighted by atomic mass is 32.2. The van der Waals surface area contributed by atoms with E-state index in [2.05, 4.69) is 0 Å². The van der Waals surface area contributed by atoms with E-state index in [1.54, 1.807) is 0 Å². The summed E-state index contributed by atoms with van der Waals surface area (Å²) < 4.78 is 47.8. The van der Waals surface area contributed by atoms with Gasteiger partial charge in [0.2, 0.25) is 11.8 Å². The summed E-state index contributed by atoms with van der Waals surface area (Å²) in [5, 5.41) is 0. The highest BCUT2D eigenvalue weighted by Gasteiger charge is 2.30. The second kappa shape index (κ2) is 6.67. The predicted molar refractivity (Wildman–Crippen MR) is 83.0 cm³/mol. The molecule has 4 N–H and O–H groups in total. The average molecular weight is 362 g/mol. The molecule has 23 heavy (non-hydrogen) atoms. The van der Waals surface area contributed by atoms with E-state index in [1.807, 2.05) is 0 Å². The summed E-state index contributed by atoms with van der Waals surface area (Å²) in [4.78, 5) is 22.1. The van der Waals surface area contributed by atoms with Crippen molar-refractivity contribution in [3.63, 3.8) is 0 Å². The Morgan fingerprint density at radius 3 is 1.74 bits per heavy atom. The molecule has 0 saturated carbocycles. The Morgan fingerprint density at radius 2 is 1.43 bits per heavy atom. The molecule has 0 aromatic heterocycles. The molecule has 2 amide bonds. The van der Waals surface area contributed by atoms with E-state index in [1.165, 1.54) is 18.2 Å². The average Bonchev–Trinajstić information content (AvgIpc) is 2.35. The van der Waals surface area contributed by atoms with Crippen LogP contribution in [0.4, 0.5) is 0 Å². The number of carbonyl (C=O) groups is 2. The molecule has 128 valence electrons. The number of amides is 2. The molecular weight excluding hydrogens is 344 g/mol. The van der Waals surface area contributed by atoms with Gasteiger partial charge >= 0.3 is 0 Å². The number of carbonyl (C=O) groups excluding carboxylic acids is 2. The molecule has 0 aliphatic heterocycles. The van der Waals surface area contributed by atoms with Crippen molar-refractivity contribution in [1.29, 1.82) is 0 Å². The van der Waals surface area contributed by atoms with Gasteiger partial charge < -0.3 is 11.5 Å². The number of hydrogen-bond acceptors (Lipinski definition) is 6. The van der Waals surface area contributed by atoms with E-state index in [-0.39, 0.29) is 28.2 Å². The van der Waals surface area contributed by atoms with Crippen molar-refractivity contribution in [3.8, 4) is 0 Å². The van der Waals surface area contributed by atoms with Crippen LogP contribution in [-0.4, -0.2) is 41.2 Å². The van der Waals surface area contributed by atoms with Gasteiger partial charge in [-0.25, -0.2) is 16.8 Å². The molecule has 8 nitrogen and oxygen atoms in total. The molecule has 1 unspecified atom stereocenters. The molecule has 0 bridgehead atoms. The Hall–Kier alpha value is -1.94. The van der Waals surface area contributed by atoms with Gasteiger partial charge in [-0.1, -0.05) is 6.07 Å². The van der Waals surface area contributed by atoms with Crippen LogP contribution in [-0.2, 0) is 29.3 Å². The Morgan fingerprint density at radius 1 is 1.00 bits per heavy atom. The van der Waals surface area contributed by atoms with E-state index in [0.29, 0.717) is 0 Å². The highest BCUT2D eigenvalue weighted by molar-refractivity contribution is 7.91. The number of primary amides is 2. The summed E-state index contributed by atoms with van der Waals surface area (Å²) in [7, 11) is -7.64. The van der Waals surface area contributed by atoms with Gasteiger partial charge in [0, 0.05) is 24.5 Å². The molecule has 10 heteroatoms. The van der Waals surface area contributed by atoms with Crippen LogP contribution >= 0.6 is 0 Å². The molecule has 1 rings (SSSR count). The van der Waals surface area contributed by atoms with E-state index >= 15 is 0 Å². The molecule has 0 spiro atoms. The molecular formula is C13H18N2O6S2. The normalized spacial score (nSPS) is 13.5. The maximum atomic E-state index is 12.0. The molecule has 0 aliphatic carbocycles. The Balaban J connectivity index is 3.75. The van der Waals surface area contributed by atoms with Crippen molar-refractivity contribution in [2.24, 2.45) is 11.5 Å². The monoisotopic (exact) mass is 362 g/mol. The number of rotatable bonds is 7. The van der Waals surface area contributed by atoms with Crippen molar-refractivity contribution in [1.82, 2.24) is 0 Å². The molecule has 0 fully saturated rings. The fraction of sp³-hybridized carbons (Fsp3) is 0.385. The zero-order chi connectivity index (χ0) is 18.0. The van der Waals surface area contributed by atoms with Crippen LogP contribution in [0, 0.1) is 0 Å². The number of nitrogens with two attached hydrogens (primary N) is 2. The van der Waals surface area contributed by atoms with Gasteiger partial charge in [-0.15, -0.1) is 0 Å². The molecule has 1 atom stereocenters. The first kappa shape index (κ1) is 19.1. The van der Waals surface area contributed by atoms with Crippen LogP contribution in [0.5, 0.6) is 0 Å². The van der Waals surface area contributed by atoms with E-state index in [9.17, 15) is 26.4 Å². The smallest absolute Gasteiger partial charge is 0.225 e. The molecule has 0 saturated heterocycles. The van der Waals surface area contributed by atoms with Gasteiger partial charge in [0.05, 0.1) is 15.7 Å². The third-order valence-corrected chi connectivity index (χ3v) is 5.51. The predicted octanol–water partition coefficient (Wildman–Crippen LogP) is -0.672. The first-order chi connectivity index (χ1) is 10.4. The Bertz CT molecular complexity index is 793. The lowest BCUT2D eigenvalue weighted by molar-refractivity contribution is -0.120. The fourth-order valence-electron chi connectivity index (χ4n) is 2.23. The van der Waals surface area contributed by atoms with Gasteiger partial charge in [0.15, 0.2) is 19.7 Å². The summed E-state index contributed by atoms with van der Waals surface area (Å²) in [6.07, 6.45) is 1.36. The maximum Gasteiger partial charge on any atom is 0.225 e. The second-order valence-electron chi connectivity index (χ2n) is 5.17. The van der Waals surface area contributed by atoms with Crippen LogP contribution < -0.4 is 11.5 Å². The number of hydrogen-bond donors (Lipinski definition) is 2. The first-order valence-corrected chi connectivity index (χ1v) is 10.2. The zero-order valence-electron chi connectivity index (χ0n) is 12.6. The summed E-state index contributed by atoms with van der Waals surface area (Å²) in [6, 6.07) is 3.65. The van der Waals surface area contributed by atoms with Gasteiger partial charge in [0.25, 0.3) is 0 Å². The minimum atomic E-state index is -3.82. The Labute approximate surface area is 134 Å². The molecule has 1 aromatic rings. The lowest BCUT2D eigenvalue weighted by Gasteiger charge is -2.19. The molecule has 0 radical (unpaired) electrons. The van der Waals surface area contributed by atoms with Crippen LogP contribution in [0.2, 0.25) is 0 Å². The topological polar surface area (TPSA) is 154 Å². The van der Waals surface area contributed by atoms with Gasteiger partial charge in [-0.3, -0.25) is 9.59 Å². The van der Waals surface area contributed by atoms with Gasteiger partial charge in [-0.2, -0.15) is 0 Å². The van der Waals surface area contributed by atoms with Crippen molar-refractivity contribution >= 4 is 31.5 Å². The molecule has 1 aromatic carbocycles. The molecule has 0 heterocycles. The summed E-state index contributed by atoms with van der Waals surface area (Å²) >= 11 is 0. The summed E-state index contributed by atoms with van der Waals surface area (Å²) in [5.74, 6) is -2.92. The van der Waals surface area contributed by atoms with Crippen LogP contribution in [0.25, 0.3) is 0 Å². The fourth-order valence-corrected chi connectivity index (χ4v) is 4.25. The molecule has 0 aliphatic rings. The Kier molecular flexibility index (Phi) is 5.54. The second-order valence-corrected chi connectivity index (χ2v) is 9.14. The van der Waals surface area contributed by atoms with Gasteiger partial charge in [-0.05, 0) is 18.6 Å². The minimum absolute atomic E-state index is 0.181. The van der Waals surface area contributed by atoms with Crippen LogP contribution in [0.1, 0.15) is 24.3 Å². The van der Waals surface area contributed by atoms with E-state index in [4.69, 9.17) is 11.5 Å². The minimum Gasteiger partial charge on any atom is -0.370 e. The van der Waals surface area contributed by atoms with Crippen molar-refractivity contribution in [2.45, 2.75) is 28.6 Å². The lowest BCUT2D eigenvalue weighted by Crippen LogP contribution is -2.26. The lowest BCUT2D eigenvalue weighted by atomic mass is 9.93. The maximum absolute atomic E-state index is 12.0. The van der Waals surface area contributed by atoms with Crippen molar-refractivity contribution in [3.05, 3.63) is 23.8 Å². The first-order valence-electron chi connectivity index (χ1n) is 6.46. The van der Waals surface area contributed by atoms with Gasteiger partial charge in [0.1, 0.15) is 0 Å². The summed E-state index contributed by atoms with van der Waals surface area (Å²) in [6.45, 7) is 0. The highest BCUT2D eigenvalue weighted by Crippen LogP contribution is 2.33. The van der Waals surface area contributed by atoms with E-state index < -0.39 is 37.4 Å². The largest absolute Gasteiger partial charge is 0.370 e. The summed E-state index contributed by atoms with van der Waals surface area (Å²) in [5.41, 5.74) is 10.1. The van der Waals surface area contributed by atoms with Crippen LogP contribution in [0.15, 0.2) is 28.0 Å². The van der Waals surface area contributed by atoms with Crippen molar-refractivity contribution in [2.75, 3.05) is 12.5 Å². The zero-order valence-corrected chi connectivity index (χ0v) is 14.3. The SMILES string of the molecule is CS(=O)(=O)c1cccc(S(C)(=O)=O)c1C(CCC(N)=O)C(N)=O. The third kappa shape index (κ3) is 4.76. The third-order valence-electron chi connectivity index (χ3n) is 3.20. The number of benzene rings is 1. The van der Waals surface area contributed by atoms with Crippen LogP contribution in [0.3, 0.4) is 0 Å².